The van der Waals surface area contributed by atoms with Crippen LogP contribution >= 0.6 is 0 Å². The fraction of sp³-hybridized carbons (Fsp3) is 0.800. The largest absolute Gasteiger partial charge is 0.481 e. The van der Waals surface area contributed by atoms with E-state index in [1.54, 1.807) is 0 Å². The van der Waals surface area contributed by atoms with Gasteiger partial charge in [0.1, 0.15) is 0 Å². The molecular weight excluding hydrogens is 272 g/mol. The first kappa shape index (κ1) is 26.6. The molecule has 0 aromatic heterocycles. The van der Waals surface area contributed by atoms with Crippen molar-refractivity contribution in [2.75, 3.05) is 0 Å². The molecule has 2 radical (unpaired) electrons. The predicted molar refractivity (Wildman–Crippen MR) is 66.5 cm³/mol. The molecule has 0 heterocycles. The summed E-state index contributed by atoms with van der Waals surface area (Å²) in [4.78, 5) is 19.7. The van der Waals surface area contributed by atoms with Gasteiger partial charge in [-0.2, -0.15) is 0 Å². The van der Waals surface area contributed by atoms with Crippen LogP contribution in [0, 0.1) is 0 Å². The van der Waals surface area contributed by atoms with E-state index in [2.05, 4.69) is 0 Å². The van der Waals surface area contributed by atoms with Gasteiger partial charge in [-0.3, -0.25) is 9.59 Å². The van der Waals surface area contributed by atoms with Gasteiger partial charge in [-0.05, 0) is 27.7 Å². The van der Waals surface area contributed by atoms with E-state index < -0.39 is 23.1 Å². The summed E-state index contributed by atoms with van der Waals surface area (Å²) in [6, 6.07) is 0. The predicted octanol–water partition coefficient (Wildman–Crippen LogP) is -0.742. The standard InChI is InChI=1S/2C5H10O3.Ca.H2O/c2*1-5(2,8)3-4(6)7;;/h2*8H,3H2,1-2H3,(H,6,7);;1H2. The van der Waals surface area contributed by atoms with E-state index in [1.807, 2.05) is 0 Å². The van der Waals surface area contributed by atoms with Gasteiger partial charge in [0.25, 0.3) is 0 Å². The molecule has 6 N–H and O–H groups in total. The van der Waals surface area contributed by atoms with E-state index in [4.69, 9.17) is 20.4 Å². The van der Waals surface area contributed by atoms with Crippen LogP contribution in [-0.2, 0) is 9.59 Å². The number of hydrogen-bond acceptors (Lipinski definition) is 4. The van der Waals surface area contributed by atoms with Crippen LogP contribution in [0.1, 0.15) is 40.5 Å². The van der Waals surface area contributed by atoms with Crippen molar-refractivity contribution in [3.05, 3.63) is 0 Å². The minimum Gasteiger partial charge on any atom is -0.481 e. The van der Waals surface area contributed by atoms with Crippen LogP contribution in [0.4, 0.5) is 0 Å². The summed E-state index contributed by atoms with van der Waals surface area (Å²) < 4.78 is 0. The third-order valence-electron chi connectivity index (χ3n) is 1.17. The van der Waals surface area contributed by atoms with Crippen LogP contribution in [0.25, 0.3) is 0 Å². The molecule has 8 heteroatoms. The number of carboxylic acids is 2. The second kappa shape index (κ2) is 11.0. The Morgan fingerprint density at radius 1 is 0.833 bits per heavy atom. The third-order valence-corrected chi connectivity index (χ3v) is 1.17. The molecule has 0 aliphatic rings. The molecule has 18 heavy (non-hydrogen) atoms. The van der Waals surface area contributed by atoms with Crippen LogP contribution in [0.3, 0.4) is 0 Å². The van der Waals surface area contributed by atoms with Crippen molar-refractivity contribution in [3.8, 4) is 0 Å². The smallest absolute Gasteiger partial charge is 0.306 e. The van der Waals surface area contributed by atoms with E-state index in [-0.39, 0.29) is 56.1 Å². The van der Waals surface area contributed by atoms with Gasteiger partial charge >= 0.3 is 11.9 Å². The second-order valence-corrected chi connectivity index (χ2v) is 4.77. The van der Waals surface area contributed by atoms with Gasteiger partial charge in [-0.15, -0.1) is 0 Å². The summed E-state index contributed by atoms with van der Waals surface area (Å²) in [5.74, 6) is -1.95. The number of rotatable bonds is 4. The van der Waals surface area contributed by atoms with Crippen LogP contribution in [0.2, 0.25) is 0 Å². The molecule has 0 aromatic carbocycles. The van der Waals surface area contributed by atoms with Gasteiger partial charge in [0.05, 0.1) is 24.0 Å². The summed E-state index contributed by atoms with van der Waals surface area (Å²) >= 11 is 0. The average molecular weight is 294 g/mol. The van der Waals surface area contributed by atoms with Gasteiger partial charge in [0.15, 0.2) is 0 Å². The zero-order chi connectivity index (χ0) is 13.6. The summed E-state index contributed by atoms with van der Waals surface area (Å²) in [7, 11) is 0. The molecule has 0 rings (SSSR count). The number of carboxylic acid groups (broad SMARTS) is 2. The fourth-order valence-electron chi connectivity index (χ4n) is 0.740. The fourth-order valence-corrected chi connectivity index (χ4v) is 0.740. The first-order chi connectivity index (χ1) is 6.83. The molecule has 0 atom stereocenters. The Hall–Kier alpha value is 0.0797. The Morgan fingerprint density at radius 2 is 1.00 bits per heavy atom. The number of aliphatic carboxylic acids is 2. The van der Waals surface area contributed by atoms with Crippen LogP contribution < -0.4 is 0 Å². The van der Waals surface area contributed by atoms with Crippen LogP contribution in [-0.4, -0.2) is 86.8 Å². The molecule has 0 aliphatic carbocycles. The minimum absolute atomic E-state index is 0. The van der Waals surface area contributed by atoms with E-state index in [0.717, 1.165) is 0 Å². The van der Waals surface area contributed by atoms with Crippen molar-refractivity contribution in [2.45, 2.75) is 51.7 Å². The van der Waals surface area contributed by atoms with E-state index in [0.29, 0.717) is 0 Å². The summed E-state index contributed by atoms with van der Waals surface area (Å²) in [6.45, 7) is 5.84. The van der Waals surface area contributed by atoms with Crippen molar-refractivity contribution >= 4 is 49.7 Å². The molecule has 0 aliphatic heterocycles. The number of hydrogen-bond donors (Lipinski definition) is 4. The molecule has 0 saturated heterocycles. The molecule has 7 nitrogen and oxygen atoms in total. The van der Waals surface area contributed by atoms with E-state index >= 15 is 0 Å². The first-order valence-corrected chi connectivity index (χ1v) is 4.72. The maximum Gasteiger partial charge on any atom is 0.306 e. The summed E-state index contributed by atoms with van der Waals surface area (Å²) in [5, 5.41) is 33.8. The van der Waals surface area contributed by atoms with E-state index in [9.17, 15) is 9.59 Å². The normalized spacial score (nSPS) is 10.1. The molecule has 0 spiro atoms. The first-order valence-electron chi connectivity index (χ1n) is 4.72. The molecule has 0 amide bonds. The molecular formula is C10H22CaO7. The van der Waals surface area contributed by atoms with Crippen LogP contribution in [0.15, 0.2) is 0 Å². The quantitative estimate of drug-likeness (QED) is 0.502. The third kappa shape index (κ3) is 36.0. The molecule has 106 valence electrons. The average Bonchev–Trinajstić information content (AvgIpc) is 1.72. The molecule has 0 unspecified atom stereocenters. The monoisotopic (exact) mass is 294 g/mol. The molecule has 0 bridgehead atoms. The Balaban J connectivity index is -0.0000000980. The second-order valence-electron chi connectivity index (χ2n) is 4.77. The summed E-state index contributed by atoms with van der Waals surface area (Å²) in [6.07, 6.45) is -0.403. The molecule has 0 aromatic rings. The van der Waals surface area contributed by atoms with Gasteiger partial charge in [0.2, 0.25) is 0 Å². The van der Waals surface area contributed by atoms with Crippen LogP contribution in [0.5, 0.6) is 0 Å². The Labute approximate surface area is 136 Å². The van der Waals surface area contributed by atoms with Gasteiger partial charge in [-0.25, -0.2) is 0 Å². The topological polar surface area (TPSA) is 147 Å². The Morgan fingerprint density at radius 3 is 1.00 bits per heavy atom. The number of carbonyl (C=O) groups is 2. The van der Waals surface area contributed by atoms with Gasteiger partial charge in [-0.1, -0.05) is 0 Å². The SMILES string of the molecule is CC(C)(O)CC(=O)O.CC(C)(O)CC(=O)O.O.[Ca]. The van der Waals surface area contributed by atoms with Crippen molar-refractivity contribution in [3.63, 3.8) is 0 Å². The minimum atomic E-state index is -1.08. The molecule has 0 saturated carbocycles. The van der Waals surface area contributed by atoms with Gasteiger partial charge in [0, 0.05) is 37.7 Å². The summed E-state index contributed by atoms with van der Waals surface area (Å²) in [5.41, 5.74) is -2.16. The Bertz CT molecular complexity index is 214. The molecule has 0 fully saturated rings. The zero-order valence-corrected chi connectivity index (χ0v) is 13.4. The maximum atomic E-state index is 9.85. The number of aliphatic hydroxyl groups is 2. The van der Waals surface area contributed by atoms with E-state index in [1.165, 1.54) is 27.7 Å². The van der Waals surface area contributed by atoms with Crippen molar-refractivity contribution in [1.29, 1.82) is 0 Å². The van der Waals surface area contributed by atoms with Crippen molar-refractivity contribution in [2.24, 2.45) is 0 Å². The van der Waals surface area contributed by atoms with Crippen molar-refractivity contribution < 1.29 is 35.5 Å². The van der Waals surface area contributed by atoms with Crippen molar-refractivity contribution in [1.82, 2.24) is 0 Å². The zero-order valence-electron chi connectivity index (χ0n) is 11.2. The van der Waals surface area contributed by atoms with Gasteiger partial charge < -0.3 is 25.9 Å². The Kier molecular flexibility index (Phi) is 16.2. The maximum absolute atomic E-state index is 9.85.